The molecule has 26 heavy (non-hydrogen) atoms. The standard InChI is InChI=1S/C15H13N5O5S/c1-7-13(8(2)25-19-7)9-3-10(5-11(4-9)20(23)24)14-16-15(18-17-14)26-6-12(21)22/h3-5H,6H2,1-2H3,(H2-,16,17,18,21,22,23,24)/p+1. The van der Waals surface area contributed by atoms with Gasteiger partial charge in [-0.25, -0.2) is 5.21 Å². The number of rotatable bonds is 6. The minimum Gasteiger partial charge on any atom is -0.481 e. The van der Waals surface area contributed by atoms with E-state index in [0.717, 1.165) is 11.8 Å². The predicted molar refractivity (Wildman–Crippen MR) is 90.2 cm³/mol. The average molecular weight is 376 g/mol. The number of nitrogens with zero attached hydrogens (tertiary/aromatic N) is 4. The van der Waals surface area contributed by atoms with Gasteiger partial charge >= 0.3 is 11.7 Å². The number of nitrogens with one attached hydrogen (secondary N) is 1. The number of aromatic amines is 1. The zero-order valence-electron chi connectivity index (χ0n) is 13.8. The highest BCUT2D eigenvalue weighted by Crippen LogP contribution is 2.33. The molecule has 0 unspecified atom stereocenters. The molecule has 0 saturated carbocycles. The second-order valence-electron chi connectivity index (χ2n) is 5.40. The van der Waals surface area contributed by atoms with Crippen molar-refractivity contribution in [2.45, 2.75) is 19.0 Å². The molecule has 0 amide bonds. The smallest absolute Gasteiger partial charge is 0.317 e. The lowest BCUT2D eigenvalue weighted by Crippen LogP contribution is -1.97. The Bertz CT molecular complexity index is 977. The highest BCUT2D eigenvalue weighted by Gasteiger charge is 2.21. The van der Waals surface area contributed by atoms with Crippen molar-refractivity contribution in [3.05, 3.63) is 34.6 Å². The van der Waals surface area contributed by atoms with Crippen molar-refractivity contribution >= 4 is 23.4 Å². The van der Waals surface area contributed by atoms with Crippen molar-refractivity contribution in [1.29, 1.82) is 0 Å². The highest BCUT2D eigenvalue weighted by atomic mass is 32.2. The summed E-state index contributed by atoms with van der Waals surface area (Å²) in [4.78, 5) is 24.7. The minimum atomic E-state index is -0.974. The van der Waals surface area contributed by atoms with Crippen LogP contribution >= 0.6 is 11.8 Å². The fraction of sp³-hybridized carbons (Fsp3) is 0.200. The van der Waals surface area contributed by atoms with E-state index >= 15 is 0 Å². The Morgan fingerprint density at radius 3 is 2.62 bits per heavy atom. The topological polar surface area (TPSA) is 145 Å². The molecule has 2 heterocycles. The number of hydrogen-bond donors (Lipinski definition) is 3. The molecule has 0 saturated heterocycles. The largest absolute Gasteiger partial charge is 0.481 e. The third-order valence-corrected chi connectivity index (χ3v) is 4.38. The van der Waals surface area contributed by atoms with Crippen LogP contribution in [0.3, 0.4) is 0 Å². The number of hydrogen-bond acceptors (Lipinski definition) is 7. The molecule has 0 aliphatic carbocycles. The van der Waals surface area contributed by atoms with Crippen LogP contribution in [0.2, 0.25) is 0 Å². The van der Waals surface area contributed by atoms with Gasteiger partial charge in [0, 0.05) is 23.3 Å². The molecule has 2 aromatic heterocycles. The van der Waals surface area contributed by atoms with E-state index in [1.165, 1.54) is 12.1 Å². The van der Waals surface area contributed by atoms with Gasteiger partial charge in [0.1, 0.15) is 5.76 Å². The van der Waals surface area contributed by atoms with E-state index in [9.17, 15) is 14.9 Å². The first-order valence-electron chi connectivity index (χ1n) is 7.37. The molecule has 0 aliphatic heterocycles. The third kappa shape index (κ3) is 3.57. The van der Waals surface area contributed by atoms with E-state index < -0.39 is 5.97 Å². The van der Waals surface area contributed by atoms with Crippen molar-refractivity contribution < 1.29 is 24.6 Å². The lowest BCUT2D eigenvalue weighted by molar-refractivity contribution is -0.729. The Morgan fingerprint density at radius 1 is 1.27 bits per heavy atom. The molecular formula is C15H14N5O5S+. The molecular weight excluding hydrogens is 362 g/mol. The van der Waals surface area contributed by atoms with Crippen molar-refractivity contribution in [3.8, 4) is 22.5 Å². The van der Waals surface area contributed by atoms with Crippen LogP contribution in [-0.2, 0) is 4.79 Å². The molecule has 0 radical (unpaired) electrons. The van der Waals surface area contributed by atoms with Crippen molar-refractivity contribution in [3.63, 3.8) is 0 Å². The summed E-state index contributed by atoms with van der Waals surface area (Å²) in [5.41, 5.74) is 2.43. The van der Waals surface area contributed by atoms with E-state index in [1.807, 2.05) is 0 Å². The van der Waals surface area contributed by atoms with Gasteiger partial charge in [0.05, 0.1) is 16.4 Å². The zero-order chi connectivity index (χ0) is 18.8. The average Bonchev–Trinajstić information content (AvgIpc) is 3.19. The summed E-state index contributed by atoms with van der Waals surface area (Å²) in [7, 11) is 0. The van der Waals surface area contributed by atoms with Gasteiger partial charge in [-0.1, -0.05) is 16.9 Å². The van der Waals surface area contributed by atoms with Gasteiger partial charge in [0.25, 0.3) is 4.92 Å². The Labute approximate surface area is 150 Å². The number of carbonyl (C=O) groups is 1. The molecule has 0 bridgehead atoms. The Balaban J connectivity index is 2.05. The number of carboxylic acids is 1. The summed E-state index contributed by atoms with van der Waals surface area (Å²) in [5, 5.41) is 30.1. The van der Waals surface area contributed by atoms with Crippen LogP contribution in [0.5, 0.6) is 0 Å². The Morgan fingerprint density at radius 2 is 2.00 bits per heavy atom. The van der Waals surface area contributed by atoms with E-state index in [1.54, 1.807) is 19.9 Å². The number of thioether (sulfide) groups is 1. The van der Waals surface area contributed by atoms with E-state index in [0.29, 0.717) is 39.1 Å². The van der Waals surface area contributed by atoms with Crippen LogP contribution in [0.15, 0.2) is 27.9 Å². The van der Waals surface area contributed by atoms with Gasteiger partial charge < -0.3 is 14.6 Å². The lowest BCUT2D eigenvalue weighted by atomic mass is 10.0. The van der Waals surface area contributed by atoms with Gasteiger partial charge in [-0.15, -0.1) is 10.2 Å². The minimum absolute atomic E-state index is 0.00589. The van der Waals surface area contributed by atoms with Gasteiger partial charge in [-0.3, -0.25) is 4.79 Å². The van der Waals surface area contributed by atoms with Crippen molar-refractivity contribution in [2.24, 2.45) is 0 Å². The summed E-state index contributed by atoms with van der Waals surface area (Å²) in [5.74, 6) is -0.243. The molecule has 3 aromatic rings. The van der Waals surface area contributed by atoms with Crippen LogP contribution in [0.1, 0.15) is 11.5 Å². The van der Waals surface area contributed by atoms with Crippen LogP contribution in [0.4, 0.5) is 5.69 Å². The Kier molecular flexibility index (Phi) is 4.71. The molecule has 134 valence electrons. The Hall–Kier alpha value is -3.21. The second-order valence-corrected chi connectivity index (χ2v) is 6.37. The maximum Gasteiger partial charge on any atom is 0.317 e. The molecule has 1 aromatic carbocycles. The third-order valence-electron chi connectivity index (χ3n) is 3.53. The first-order valence-corrected chi connectivity index (χ1v) is 8.36. The van der Waals surface area contributed by atoms with E-state index in [-0.39, 0.29) is 16.4 Å². The normalized spacial score (nSPS) is 10.8. The quantitative estimate of drug-likeness (QED) is 0.436. The van der Waals surface area contributed by atoms with Crippen LogP contribution < -0.4 is 0 Å². The van der Waals surface area contributed by atoms with Crippen molar-refractivity contribution in [2.75, 3.05) is 5.75 Å². The summed E-state index contributed by atoms with van der Waals surface area (Å²) in [6.07, 6.45) is 0. The lowest BCUT2D eigenvalue weighted by Gasteiger charge is -2.03. The molecule has 3 N–H and O–H groups in total. The number of carboxylic acid groups (broad SMARTS) is 1. The fourth-order valence-corrected chi connectivity index (χ4v) is 3.00. The van der Waals surface area contributed by atoms with E-state index in [2.05, 4.69) is 20.3 Å². The number of benzene rings is 1. The van der Waals surface area contributed by atoms with Crippen LogP contribution in [0.25, 0.3) is 22.5 Å². The highest BCUT2D eigenvalue weighted by molar-refractivity contribution is 7.99. The fourth-order valence-electron chi connectivity index (χ4n) is 2.47. The SMILES string of the molecule is Cc1noc(C)c1-c1cc(-c2nnc(SCC(=O)O)[nH]2)cc([N+](=O)O)c1. The number of H-pyrrole nitrogens is 1. The van der Waals surface area contributed by atoms with E-state index in [4.69, 9.17) is 9.63 Å². The summed E-state index contributed by atoms with van der Waals surface area (Å²) < 4.78 is 5.16. The maximum absolute atomic E-state index is 11.4. The van der Waals surface area contributed by atoms with Crippen LogP contribution in [0, 0.1) is 18.8 Å². The number of aryl methyl sites for hydroxylation is 2. The molecule has 10 nitrogen and oxygen atoms in total. The summed E-state index contributed by atoms with van der Waals surface area (Å²) in [6, 6.07) is 4.67. The van der Waals surface area contributed by atoms with Crippen LogP contribution in [-0.4, -0.2) is 47.3 Å². The second kappa shape index (κ2) is 6.96. The monoisotopic (exact) mass is 376 g/mol. The predicted octanol–water partition coefficient (Wildman–Crippen LogP) is 2.72. The molecule has 11 heteroatoms. The molecule has 0 aliphatic rings. The molecule has 0 atom stereocenters. The van der Waals surface area contributed by atoms with Gasteiger partial charge in [0.15, 0.2) is 11.0 Å². The first kappa shape index (κ1) is 17.6. The summed E-state index contributed by atoms with van der Waals surface area (Å²) in [6.45, 7) is 3.51. The van der Waals surface area contributed by atoms with Gasteiger partial charge in [0.2, 0.25) is 0 Å². The first-order chi connectivity index (χ1) is 12.3. The maximum atomic E-state index is 11.4. The number of aliphatic carboxylic acids is 1. The number of aromatic nitrogens is 4. The molecule has 3 rings (SSSR count). The zero-order valence-corrected chi connectivity index (χ0v) is 14.6. The van der Waals surface area contributed by atoms with Crippen molar-refractivity contribution in [1.82, 2.24) is 20.3 Å². The summed E-state index contributed by atoms with van der Waals surface area (Å²) >= 11 is 0.986. The molecule has 0 fully saturated rings. The van der Waals surface area contributed by atoms with Gasteiger partial charge in [-0.05, 0) is 25.5 Å². The molecule has 0 spiro atoms. The van der Waals surface area contributed by atoms with Gasteiger partial charge in [-0.2, -0.15) is 0 Å².